The fourth-order valence-electron chi connectivity index (χ4n) is 5.52. The predicted molar refractivity (Wildman–Crippen MR) is 121 cm³/mol. The Balaban J connectivity index is 1.34. The molecule has 1 amide bonds. The molecule has 1 saturated heterocycles. The molecule has 1 aliphatic carbocycles. The van der Waals surface area contributed by atoms with Crippen LogP contribution in [-0.4, -0.2) is 35.1 Å². The Labute approximate surface area is 181 Å². The van der Waals surface area contributed by atoms with E-state index in [1.54, 1.807) is 11.2 Å². The number of carbonyl (C=O) groups excluding carboxylic acids is 1. The second-order valence-electron chi connectivity index (χ2n) is 8.92. The summed E-state index contributed by atoms with van der Waals surface area (Å²) in [6, 6.07) is 19.5. The lowest BCUT2D eigenvalue weighted by Crippen LogP contribution is -2.30. The number of hydrogen-bond donors (Lipinski definition) is 1. The number of β-amino-alcohol motifs (C(OH)–C–C–N with tert-alkyl or cyclic N) is 1. The fourth-order valence-corrected chi connectivity index (χ4v) is 5.52. The molecule has 6 rings (SSSR count). The van der Waals surface area contributed by atoms with Crippen LogP contribution < -0.4 is 0 Å². The molecule has 4 aromatic rings. The van der Waals surface area contributed by atoms with Crippen molar-refractivity contribution in [2.45, 2.75) is 37.7 Å². The number of amides is 1. The van der Waals surface area contributed by atoms with E-state index < -0.39 is 6.10 Å². The summed E-state index contributed by atoms with van der Waals surface area (Å²) in [6.07, 6.45) is 4.77. The third kappa shape index (κ3) is 3.05. The highest BCUT2D eigenvalue weighted by Gasteiger charge is 2.32. The summed E-state index contributed by atoms with van der Waals surface area (Å²) in [7, 11) is 0. The van der Waals surface area contributed by atoms with Crippen molar-refractivity contribution in [2.24, 2.45) is 0 Å². The molecule has 4 nitrogen and oxygen atoms in total. The van der Waals surface area contributed by atoms with Crippen molar-refractivity contribution in [1.82, 2.24) is 4.90 Å². The molecule has 1 N–H and O–H groups in total. The molecule has 31 heavy (non-hydrogen) atoms. The van der Waals surface area contributed by atoms with Gasteiger partial charge in [0.2, 0.25) is 0 Å². The number of furan rings is 1. The third-order valence-corrected chi connectivity index (χ3v) is 7.12. The molecule has 0 spiro atoms. The standard InChI is InChI=1S/C27H25NO3/c29-20-11-13-28(16-20)27(30)26-23(12-14-31-26)19-6-8-22-18(15-19)7-10-24-21-4-2-1-3-17(21)5-9-25(22)24/h1-5,7,9-10,12,14,19-20,29H,6,8,11,13,15-16H2/t19-,20?/m1/s1. The highest BCUT2D eigenvalue weighted by Crippen LogP contribution is 2.39. The average molecular weight is 412 g/mol. The van der Waals surface area contributed by atoms with Crippen LogP contribution in [0.4, 0.5) is 0 Å². The molecule has 0 saturated carbocycles. The van der Waals surface area contributed by atoms with Gasteiger partial charge < -0.3 is 14.4 Å². The number of aryl methyl sites for hydroxylation is 1. The number of likely N-dealkylation sites (tertiary alicyclic amines) is 1. The second-order valence-corrected chi connectivity index (χ2v) is 8.92. The van der Waals surface area contributed by atoms with Gasteiger partial charge in [0.1, 0.15) is 0 Å². The van der Waals surface area contributed by atoms with Crippen molar-refractivity contribution >= 4 is 27.5 Å². The Morgan fingerprint density at radius 1 is 0.968 bits per heavy atom. The third-order valence-electron chi connectivity index (χ3n) is 7.12. The van der Waals surface area contributed by atoms with E-state index in [0.29, 0.717) is 25.3 Å². The van der Waals surface area contributed by atoms with Crippen LogP contribution in [0, 0.1) is 0 Å². The summed E-state index contributed by atoms with van der Waals surface area (Å²) in [5.74, 6) is 0.636. The van der Waals surface area contributed by atoms with Crippen LogP contribution >= 0.6 is 0 Å². The quantitative estimate of drug-likeness (QED) is 0.469. The number of nitrogens with zero attached hydrogens (tertiary/aromatic N) is 1. The molecule has 2 aliphatic rings. The first-order valence-corrected chi connectivity index (χ1v) is 11.2. The minimum atomic E-state index is -0.423. The average Bonchev–Trinajstić information content (AvgIpc) is 3.47. The van der Waals surface area contributed by atoms with E-state index in [4.69, 9.17) is 4.42 Å². The largest absolute Gasteiger partial charge is 0.459 e. The minimum absolute atomic E-state index is 0.0904. The number of carbonyl (C=O) groups is 1. The van der Waals surface area contributed by atoms with E-state index in [-0.39, 0.29) is 11.8 Å². The van der Waals surface area contributed by atoms with Crippen molar-refractivity contribution in [2.75, 3.05) is 13.1 Å². The van der Waals surface area contributed by atoms with Crippen LogP contribution in [0.25, 0.3) is 21.5 Å². The minimum Gasteiger partial charge on any atom is -0.459 e. The molecule has 1 fully saturated rings. The lowest BCUT2D eigenvalue weighted by Gasteiger charge is -2.26. The zero-order chi connectivity index (χ0) is 20.9. The first-order chi connectivity index (χ1) is 15.2. The van der Waals surface area contributed by atoms with Crippen molar-refractivity contribution in [3.8, 4) is 0 Å². The van der Waals surface area contributed by atoms with Crippen LogP contribution in [0.3, 0.4) is 0 Å². The lowest BCUT2D eigenvalue weighted by molar-refractivity contribution is 0.0731. The number of fused-ring (bicyclic) bond motifs is 5. The molecule has 0 bridgehead atoms. The molecule has 1 aromatic heterocycles. The highest BCUT2D eigenvalue weighted by atomic mass is 16.3. The zero-order valence-corrected chi connectivity index (χ0v) is 17.4. The summed E-state index contributed by atoms with van der Waals surface area (Å²) in [4.78, 5) is 14.7. The first kappa shape index (κ1) is 18.6. The fraction of sp³-hybridized carbons (Fsp3) is 0.296. The lowest BCUT2D eigenvalue weighted by atomic mass is 9.78. The number of aliphatic hydroxyl groups is 1. The summed E-state index contributed by atoms with van der Waals surface area (Å²) in [6.45, 7) is 0.986. The van der Waals surface area contributed by atoms with Gasteiger partial charge in [0, 0.05) is 18.7 Å². The molecule has 2 atom stereocenters. The summed E-state index contributed by atoms with van der Waals surface area (Å²) < 4.78 is 5.66. The van der Waals surface area contributed by atoms with Gasteiger partial charge in [-0.15, -0.1) is 0 Å². The Morgan fingerprint density at radius 2 is 1.84 bits per heavy atom. The number of hydrogen-bond acceptors (Lipinski definition) is 3. The molecular formula is C27H25NO3. The SMILES string of the molecule is O=C(c1occc1[C@@H]1CCc2c(ccc3c2ccc2ccccc23)C1)N1CCC(O)C1. The van der Waals surface area contributed by atoms with Gasteiger partial charge in [-0.2, -0.15) is 0 Å². The number of aliphatic hydroxyl groups excluding tert-OH is 1. The normalized spacial score (nSPS) is 21.0. The van der Waals surface area contributed by atoms with Crippen molar-refractivity contribution in [3.05, 3.63) is 83.3 Å². The summed E-state index contributed by atoms with van der Waals surface area (Å²) >= 11 is 0. The van der Waals surface area contributed by atoms with Gasteiger partial charge >= 0.3 is 0 Å². The molecule has 1 unspecified atom stereocenters. The zero-order valence-electron chi connectivity index (χ0n) is 17.4. The highest BCUT2D eigenvalue weighted by molar-refractivity contribution is 6.08. The van der Waals surface area contributed by atoms with Gasteiger partial charge in [-0.25, -0.2) is 0 Å². The Hall–Kier alpha value is -3.11. The molecule has 4 heteroatoms. The van der Waals surface area contributed by atoms with Crippen molar-refractivity contribution < 1.29 is 14.3 Å². The molecule has 3 aromatic carbocycles. The van der Waals surface area contributed by atoms with Gasteiger partial charge in [0.05, 0.1) is 12.4 Å². The van der Waals surface area contributed by atoms with E-state index >= 15 is 0 Å². The predicted octanol–water partition coefficient (Wildman–Crippen LogP) is 5.07. The van der Waals surface area contributed by atoms with Crippen molar-refractivity contribution in [1.29, 1.82) is 0 Å². The molecule has 1 aliphatic heterocycles. The summed E-state index contributed by atoms with van der Waals surface area (Å²) in [5.41, 5.74) is 3.82. The first-order valence-electron chi connectivity index (χ1n) is 11.2. The maximum Gasteiger partial charge on any atom is 0.289 e. The maximum absolute atomic E-state index is 13.0. The van der Waals surface area contributed by atoms with E-state index in [2.05, 4.69) is 48.5 Å². The number of benzene rings is 3. The Kier molecular flexibility index (Phi) is 4.35. The maximum atomic E-state index is 13.0. The van der Waals surface area contributed by atoms with E-state index in [9.17, 15) is 9.90 Å². The summed E-state index contributed by atoms with van der Waals surface area (Å²) in [5, 5.41) is 15.1. The molecule has 0 radical (unpaired) electrons. The smallest absolute Gasteiger partial charge is 0.289 e. The second kappa shape index (κ2) is 7.24. The van der Waals surface area contributed by atoms with Gasteiger partial charge in [-0.3, -0.25) is 4.79 Å². The van der Waals surface area contributed by atoms with Gasteiger partial charge in [-0.1, -0.05) is 48.5 Å². The van der Waals surface area contributed by atoms with Crippen LogP contribution in [0.1, 0.15) is 46.0 Å². The molecular weight excluding hydrogens is 386 g/mol. The molecule has 2 heterocycles. The van der Waals surface area contributed by atoms with Crippen molar-refractivity contribution in [3.63, 3.8) is 0 Å². The van der Waals surface area contributed by atoms with Crippen LogP contribution in [0.5, 0.6) is 0 Å². The molecule has 156 valence electrons. The van der Waals surface area contributed by atoms with Gasteiger partial charge in [0.25, 0.3) is 5.91 Å². The van der Waals surface area contributed by atoms with E-state index in [1.807, 2.05) is 6.07 Å². The Bertz CT molecular complexity index is 1300. The number of rotatable bonds is 2. The van der Waals surface area contributed by atoms with E-state index in [1.165, 1.54) is 32.7 Å². The van der Waals surface area contributed by atoms with Crippen LogP contribution in [-0.2, 0) is 12.8 Å². The van der Waals surface area contributed by atoms with Gasteiger partial charge in [0.15, 0.2) is 5.76 Å². The van der Waals surface area contributed by atoms with Crippen LogP contribution in [0.15, 0.2) is 65.3 Å². The topological polar surface area (TPSA) is 53.7 Å². The van der Waals surface area contributed by atoms with Crippen LogP contribution in [0.2, 0.25) is 0 Å². The van der Waals surface area contributed by atoms with Gasteiger partial charge in [-0.05, 0) is 70.3 Å². The Morgan fingerprint density at radius 3 is 2.71 bits per heavy atom. The van der Waals surface area contributed by atoms with E-state index in [0.717, 1.165) is 24.8 Å². The monoisotopic (exact) mass is 411 g/mol.